The molecule has 6 rings (SSSR count). The van der Waals surface area contributed by atoms with E-state index in [0.717, 1.165) is 23.2 Å². The van der Waals surface area contributed by atoms with Gasteiger partial charge in [0.05, 0.1) is 24.9 Å². The first-order valence-electron chi connectivity index (χ1n) is 13.3. The lowest BCUT2D eigenvalue weighted by atomic mass is 9.76. The summed E-state index contributed by atoms with van der Waals surface area (Å²) in [5, 5.41) is 10.2. The molecule has 192 valence electrons. The molecule has 5 nitrogen and oxygen atoms in total. The molecule has 0 spiro atoms. The minimum absolute atomic E-state index is 0.0368. The average Bonchev–Trinajstić information content (AvgIpc) is 3.68. The molecule has 2 saturated heterocycles. The minimum atomic E-state index is -0.595. The maximum atomic E-state index is 14.1. The monoisotopic (exact) mass is 503 g/mol. The van der Waals surface area contributed by atoms with Gasteiger partial charge in [-0.05, 0) is 22.3 Å². The van der Waals surface area contributed by atoms with E-state index >= 15 is 0 Å². The van der Waals surface area contributed by atoms with Crippen LogP contribution in [0.1, 0.15) is 22.3 Å². The molecule has 2 heterocycles. The van der Waals surface area contributed by atoms with E-state index in [0.29, 0.717) is 19.8 Å². The van der Waals surface area contributed by atoms with Crippen LogP contribution in [0.15, 0.2) is 121 Å². The predicted octanol–water partition coefficient (Wildman–Crippen LogP) is 4.33. The molecule has 0 saturated carbocycles. The van der Waals surface area contributed by atoms with Crippen LogP contribution < -0.4 is 0 Å². The largest absolute Gasteiger partial charge is 0.394 e. The Hall–Kier alpha value is -3.77. The molecule has 1 amide bonds. The van der Waals surface area contributed by atoms with Gasteiger partial charge in [0.2, 0.25) is 5.91 Å². The maximum absolute atomic E-state index is 14.1. The maximum Gasteiger partial charge on any atom is 0.242 e. The molecule has 1 N–H and O–H groups in total. The fraction of sp³-hybridized carbons (Fsp3) is 0.242. The zero-order chi connectivity index (χ0) is 26.0. The molecular weight excluding hydrogens is 470 g/mol. The number of benzene rings is 4. The van der Waals surface area contributed by atoms with E-state index in [1.165, 1.54) is 5.56 Å². The molecule has 0 aliphatic carbocycles. The molecule has 0 bridgehead atoms. The predicted molar refractivity (Wildman–Crippen MR) is 149 cm³/mol. The fourth-order valence-corrected chi connectivity index (χ4v) is 6.10. The van der Waals surface area contributed by atoms with Crippen molar-refractivity contribution >= 4 is 5.91 Å². The van der Waals surface area contributed by atoms with E-state index in [-0.39, 0.29) is 24.6 Å². The number of hydrogen-bond donors (Lipinski definition) is 1. The van der Waals surface area contributed by atoms with E-state index in [9.17, 15) is 9.90 Å². The standard InChI is InChI=1S/C33H33N3O2/c37-24-30-22-34(21-26-13-5-1-6-14-26)25-35(30)32(38)31-23-36(31)33(27-15-7-2-8-16-27,28-17-9-3-10-18-28)29-19-11-4-12-20-29/h1-20,30-31,37H,21-25H2/t30-,31-,36?/m1/s1. The molecule has 0 aromatic heterocycles. The van der Waals surface area contributed by atoms with Crippen LogP contribution in [-0.4, -0.2) is 64.2 Å². The second kappa shape index (κ2) is 10.5. The molecule has 1 unspecified atom stereocenters. The fourth-order valence-electron chi connectivity index (χ4n) is 6.10. The van der Waals surface area contributed by atoms with E-state index < -0.39 is 5.54 Å². The van der Waals surface area contributed by atoms with Gasteiger partial charge in [0, 0.05) is 19.6 Å². The van der Waals surface area contributed by atoms with Gasteiger partial charge in [-0.2, -0.15) is 0 Å². The number of carbonyl (C=O) groups excluding carboxylic acids is 1. The Morgan fingerprint density at radius 3 is 1.66 bits per heavy atom. The van der Waals surface area contributed by atoms with Crippen molar-refractivity contribution in [3.05, 3.63) is 144 Å². The number of amides is 1. The first kappa shape index (κ1) is 24.6. The lowest BCUT2D eigenvalue weighted by Gasteiger charge is -2.38. The van der Waals surface area contributed by atoms with Gasteiger partial charge in [0.25, 0.3) is 0 Å². The van der Waals surface area contributed by atoms with Crippen molar-refractivity contribution in [3.63, 3.8) is 0 Å². The second-order valence-corrected chi connectivity index (χ2v) is 10.3. The van der Waals surface area contributed by atoms with E-state index in [2.05, 4.69) is 94.7 Å². The van der Waals surface area contributed by atoms with Gasteiger partial charge in [0.1, 0.15) is 6.04 Å². The zero-order valence-corrected chi connectivity index (χ0v) is 21.4. The average molecular weight is 504 g/mol. The summed E-state index contributed by atoms with van der Waals surface area (Å²) in [5.41, 5.74) is 4.03. The van der Waals surface area contributed by atoms with E-state index in [1.807, 2.05) is 41.3 Å². The van der Waals surface area contributed by atoms with Crippen LogP contribution in [0.2, 0.25) is 0 Å². The Balaban J connectivity index is 1.34. The highest BCUT2D eigenvalue weighted by atomic mass is 16.3. The summed E-state index contributed by atoms with van der Waals surface area (Å²) in [5.74, 6) is 0.0896. The van der Waals surface area contributed by atoms with Crippen molar-refractivity contribution in [2.24, 2.45) is 0 Å². The summed E-state index contributed by atoms with van der Waals surface area (Å²) >= 11 is 0. The summed E-state index contributed by atoms with van der Waals surface area (Å²) in [6, 6.07) is 41.3. The summed E-state index contributed by atoms with van der Waals surface area (Å²) in [6.07, 6.45) is 0. The van der Waals surface area contributed by atoms with Crippen LogP contribution in [-0.2, 0) is 16.9 Å². The highest BCUT2D eigenvalue weighted by Gasteiger charge is 2.57. The van der Waals surface area contributed by atoms with Gasteiger partial charge in [-0.3, -0.25) is 14.6 Å². The molecule has 38 heavy (non-hydrogen) atoms. The van der Waals surface area contributed by atoms with Crippen molar-refractivity contribution in [1.29, 1.82) is 0 Å². The van der Waals surface area contributed by atoms with Crippen LogP contribution in [0, 0.1) is 0 Å². The van der Waals surface area contributed by atoms with Crippen molar-refractivity contribution in [3.8, 4) is 0 Å². The number of aliphatic hydroxyl groups excluding tert-OH is 1. The molecule has 2 aliphatic rings. The highest BCUT2D eigenvalue weighted by molar-refractivity contribution is 5.86. The third-order valence-corrected chi connectivity index (χ3v) is 7.91. The Labute approximate surface area is 224 Å². The van der Waals surface area contributed by atoms with Gasteiger partial charge in [-0.25, -0.2) is 0 Å². The lowest BCUT2D eigenvalue weighted by Crippen LogP contribution is -2.45. The van der Waals surface area contributed by atoms with Crippen LogP contribution in [0.5, 0.6) is 0 Å². The topological polar surface area (TPSA) is 46.8 Å². The summed E-state index contributed by atoms with van der Waals surface area (Å²) < 4.78 is 0. The van der Waals surface area contributed by atoms with E-state index in [4.69, 9.17) is 0 Å². The van der Waals surface area contributed by atoms with Gasteiger partial charge >= 0.3 is 0 Å². The summed E-state index contributed by atoms with van der Waals surface area (Å²) in [6.45, 7) is 2.58. The SMILES string of the molecule is O=C([C@H]1CN1C(c1ccccc1)(c1ccccc1)c1ccccc1)N1CN(Cc2ccccc2)C[C@@H]1CO. The quantitative estimate of drug-likeness (QED) is 0.287. The van der Waals surface area contributed by atoms with Crippen molar-refractivity contribution in [2.45, 2.75) is 24.2 Å². The molecular formula is C33H33N3O2. The van der Waals surface area contributed by atoms with Crippen LogP contribution in [0.25, 0.3) is 0 Å². The number of hydrogen-bond acceptors (Lipinski definition) is 4. The molecule has 2 fully saturated rings. The first-order chi connectivity index (χ1) is 18.7. The Morgan fingerprint density at radius 1 is 0.711 bits per heavy atom. The Morgan fingerprint density at radius 2 is 1.18 bits per heavy atom. The van der Waals surface area contributed by atoms with Gasteiger partial charge in [0.15, 0.2) is 0 Å². The second-order valence-electron chi connectivity index (χ2n) is 10.3. The summed E-state index contributed by atoms with van der Waals surface area (Å²) in [7, 11) is 0. The van der Waals surface area contributed by atoms with Crippen LogP contribution in [0.3, 0.4) is 0 Å². The highest BCUT2D eigenvalue weighted by Crippen LogP contribution is 2.48. The summed E-state index contributed by atoms with van der Waals surface area (Å²) in [4.78, 5) is 20.5. The van der Waals surface area contributed by atoms with Crippen molar-refractivity contribution in [2.75, 3.05) is 26.4 Å². The molecule has 5 heteroatoms. The van der Waals surface area contributed by atoms with E-state index in [1.54, 1.807) is 0 Å². The number of aliphatic hydroxyl groups is 1. The van der Waals surface area contributed by atoms with Crippen molar-refractivity contribution < 1.29 is 9.90 Å². The molecule has 4 aromatic carbocycles. The third kappa shape index (κ3) is 4.43. The van der Waals surface area contributed by atoms with Crippen LogP contribution >= 0.6 is 0 Å². The minimum Gasteiger partial charge on any atom is -0.394 e. The molecule has 0 radical (unpaired) electrons. The lowest BCUT2D eigenvalue weighted by molar-refractivity contribution is -0.133. The number of carbonyl (C=O) groups is 1. The number of nitrogens with zero attached hydrogens (tertiary/aromatic N) is 3. The van der Waals surface area contributed by atoms with Gasteiger partial charge in [-0.15, -0.1) is 0 Å². The van der Waals surface area contributed by atoms with Gasteiger partial charge in [-0.1, -0.05) is 121 Å². The normalized spacial score (nSPS) is 21.4. The third-order valence-electron chi connectivity index (χ3n) is 7.91. The number of rotatable bonds is 8. The Kier molecular flexibility index (Phi) is 6.81. The molecule has 4 aromatic rings. The van der Waals surface area contributed by atoms with Gasteiger partial charge < -0.3 is 10.0 Å². The molecule has 2 aliphatic heterocycles. The zero-order valence-electron chi connectivity index (χ0n) is 21.4. The van der Waals surface area contributed by atoms with Crippen LogP contribution in [0.4, 0.5) is 0 Å². The smallest absolute Gasteiger partial charge is 0.242 e. The Bertz CT molecular complexity index is 1250. The van der Waals surface area contributed by atoms with Crippen molar-refractivity contribution in [1.82, 2.24) is 14.7 Å². The molecule has 3 atom stereocenters. The first-order valence-corrected chi connectivity index (χ1v) is 13.3.